The molecule has 0 spiro atoms. The van der Waals surface area contributed by atoms with Crippen molar-refractivity contribution in [2.24, 2.45) is 5.92 Å². The molecule has 1 atom stereocenters. The van der Waals surface area contributed by atoms with E-state index in [4.69, 9.17) is 4.74 Å². The third kappa shape index (κ3) is 4.54. The van der Waals surface area contributed by atoms with Crippen LogP contribution in [0.15, 0.2) is 24.3 Å². The first-order valence-corrected chi connectivity index (χ1v) is 7.64. The first kappa shape index (κ1) is 14.4. The molecule has 1 aliphatic rings. The highest BCUT2D eigenvalue weighted by atomic mass is 16.5. The summed E-state index contributed by atoms with van der Waals surface area (Å²) in [6.07, 6.45) is 5.87. The Morgan fingerprint density at radius 2 is 1.74 bits per heavy atom. The van der Waals surface area contributed by atoms with Gasteiger partial charge in [0.1, 0.15) is 5.75 Å². The van der Waals surface area contributed by atoms with Crippen LogP contribution in [0.1, 0.15) is 52.0 Å². The van der Waals surface area contributed by atoms with Gasteiger partial charge in [-0.1, -0.05) is 25.0 Å². The fourth-order valence-corrected chi connectivity index (χ4v) is 2.86. The minimum Gasteiger partial charge on any atom is -0.491 e. The molecular weight excluding hydrogens is 234 g/mol. The summed E-state index contributed by atoms with van der Waals surface area (Å²) in [4.78, 5) is 0. The van der Waals surface area contributed by atoms with E-state index in [1.807, 2.05) is 0 Å². The first-order chi connectivity index (χ1) is 9.15. The molecule has 0 unspecified atom stereocenters. The summed E-state index contributed by atoms with van der Waals surface area (Å²) >= 11 is 0. The summed E-state index contributed by atoms with van der Waals surface area (Å²) in [6, 6.07) is 9.08. The predicted octanol–water partition coefficient (Wildman–Crippen LogP) is 4.14. The molecule has 106 valence electrons. The van der Waals surface area contributed by atoms with Crippen molar-refractivity contribution in [2.75, 3.05) is 0 Å². The highest BCUT2D eigenvalue weighted by Gasteiger charge is 2.20. The van der Waals surface area contributed by atoms with Gasteiger partial charge in [0, 0.05) is 12.6 Å². The third-order valence-corrected chi connectivity index (χ3v) is 4.03. The quantitative estimate of drug-likeness (QED) is 0.831. The van der Waals surface area contributed by atoms with Gasteiger partial charge in [-0.2, -0.15) is 0 Å². The Bertz CT molecular complexity index is 365. The van der Waals surface area contributed by atoms with E-state index >= 15 is 0 Å². The lowest BCUT2D eigenvalue weighted by molar-refractivity contribution is 0.242. The molecule has 2 nitrogen and oxygen atoms in total. The van der Waals surface area contributed by atoms with Crippen molar-refractivity contribution >= 4 is 0 Å². The second kappa shape index (κ2) is 6.95. The SMILES string of the molecule is CC(C)Oc1ccc(CN[C@H](C)C2CCCC2)cc1. The van der Waals surface area contributed by atoms with E-state index in [0.717, 1.165) is 18.2 Å². The predicted molar refractivity (Wildman–Crippen MR) is 80.5 cm³/mol. The molecule has 2 rings (SSSR count). The van der Waals surface area contributed by atoms with Crippen LogP contribution < -0.4 is 10.1 Å². The van der Waals surface area contributed by atoms with Crippen LogP contribution in [-0.4, -0.2) is 12.1 Å². The maximum atomic E-state index is 5.66. The minimum atomic E-state index is 0.242. The van der Waals surface area contributed by atoms with E-state index in [1.165, 1.54) is 31.2 Å². The zero-order chi connectivity index (χ0) is 13.7. The van der Waals surface area contributed by atoms with E-state index < -0.39 is 0 Å². The Kier molecular flexibility index (Phi) is 5.26. The molecular formula is C17H27NO. The topological polar surface area (TPSA) is 21.3 Å². The van der Waals surface area contributed by atoms with Crippen LogP contribution in [0.5, 0.6) is 5.75 Å². The second-order valence-electron chi connectivity index (χ2n) is 6.02. The van der Waals surface area contributed by atoms with Crippen molar-refractivity contribution in [3.63, 3.8) is 0 Å². The molecule has 2 heteroatoms. The number of ether oxygens (including phenoxy) is 1. The fraction of sp³-hybridized carbons (Fsp3) is 0.647. The Hall–Kier alpha value is -1.02. The zero-order valence-electron chi connectivity index (χ0n) is 12.5. The number of hydrogen-bond donors (Lipinski definition) is 1. The smallest absolute Gasteiger partial charge is 0.119 e. The molecule has 19 heavy (non-hydrogen) atoms. The van der Waals surface area contributed by atoms with Crippen LogP contribution in [0.4, 0.5) is 0 Å². The van der Waals surface area contributed by atoms with Crippen LogP contribution >= 0.6 is 0 Å². The van der Waals surface area contributed by atoms with Gasteiger partial charge >= 0.3 is 0 Å². The monoisotopic (exact) mass is 261 g/mol. The van der Waals surface area contributed by atoms with E-state index in [-0.39, 0.29) is 6.10 Å². The molecule has 0 heterocycles. The maximum Gasteiger partial charge on any atom is 0.119 e. The van der Waals surface area contributed by atoms with Crippen molar-refractivity contribution in [3.05, 3.63) is 29.8 Å². The molecule has 1 aliphatic carbocycles. The molecule has 1 N–H and O–H groups in total. The Balaban J connectivity index is 1.79. The second-order valence-corrected chi connectivity index (χ2v) is 6.02. The molecule has 0 bridgehead atoms. The molecule has 0 amide bonds. The molecule has 0 radical (unpaired) electrons. The number of rotatable bonds is 6. The van der Waals surface area contributed by atoms with Crippen molar-refractivity contribution in [2.45, 2.75) is 65.1 Å². The number of benzene rings is 1. The fourth-order valence-electron chi connectivity index (χ4n) is 2.86. The Morgan fingerprint density at radius 3 is 2.32 bits per heavy atom. The summed E-state index contributed by atoms with van der Waals surface area (Å²) < 4.78 is 5.66. The molecule has 1 saturated carbocycles. The van der Waals surface area contributed by atoms with E-state index in [2.05, 4.69) is 50.4 Å². The van der Waals surface area contributed by atoms with Gasteiger partial charge in [-0.05, 0) is 57.2 Å². The molecule has 0 aliphatic heterocycles. The van der Waals surface area contributed by atoms with Crippen LogP contribution in [0.25, 0.3) is 0 Å². The summed E-state index contributed by atoms with van der Waals surface area (Å²) in [7, 11) is 0. The third-order valence-electron chi connectivity index (χ3n) is 4.03. The van der Waals surface area contributed by atoms with Crippen molar-refractivity contribution in [3.8, 4) is 5.75 Å². The average Bonchev–Trinajstić information content (AvgIpc) is 2.91. The molecule has 1 aromatic carbocycles. The average molecular weight is 261 g/mol. The largest absolute Gasteiger partial charge is 0.491 e. The number of hydrogen-bond acceptors (Lipinski definition) is 2. The lowest BCUT2D eigenvalue weighted by Gasteiger charge is -2.20. The highest BCUT2D eigenvalue weighted by Crippen LogP contribution is 2.27. The lowest BCUT2D eigenvalue weighted by atomic mass is 9.99. The lowest BCUT2D eigenvalue weighted by Crippen LogP contribution is -2.31. The van der Waals surface area contributed by atoms with Crippen LogP contribution in [-0.2, 0) is 6.54 Å². The first-order valence-electron chi connectivity index (χ1n) is 7.64. The van der Waals surface area contributed by atoms with Crippen molar-refractivity contribution in [1.82, 2.24) is 5.32 Å². The maximum absolute atomic E-state index is 5.66. The van der Waals surface area contributed by atoms with Gasteiger partial charge in [0.15, 0.2) is 0 Å². The summed E-state index contributed by atoms with van der Waals surface area (Å²) in [5, 5.41) is 3.66. The highest BCUT2D eigenvalue weighted by molar-refractivity contribution is 5.27. The van der Waals surface area contributed by atoms with Crippen molar-refractivity contribution in [1.29, 1.82) is 0 Å². The van der Waals surface area contributed by atoms with Gasteiger partial charge in [-0.3, -0.25) is 0 Å². The molecule has 1 aromatic rings. The van der Waals surface area contributed by atoms with E-state index in [9.17, 15) is 0 Å². The van der Waals surface area contributed by atoms with Crippen LogP contribution in [0.3, 0.4) is 0 Å². The summed E-state index contributed by atoms with van der Waals surface area (Å²) in [5.74, 6) is 1.84. The van der Waals surface area contributed by atoms with E-state index in [1.54, 1.807) is 0 Å². The Labute approximate surface area is 117 Å². The summed E-state index contributed by atoms with van der Waals surface area (Å²) in [6.45, 7) is 7.39. The minimum absolute atomic E-state index is 0.242. The standard InChI is InChI=1S/C17H27NO/c1-13(2)19-17-10-8-15(9-11-17)12-18-14(3)16-6-4-5-7-16/h8-11,13-14,16,18H,4-7,12H2,1-3H3/t14-/m1/s1. The van der Waals surface area contributed by atoms with E-state index in [0.29, 0.717) is 6.04 Å². The van der Waals surface area contributed by atoms with Crippen LogP contribution in [0, 0.1) is 5.92 Å². The van der Waals surface area contributed by atoms with Gasteiger partial charge in [0.2, 0.25) is 0 Å². The van der Waals surface area contributed by atoms with Crippen molar-refractivity contribution < 1.29 is 4.74 Å². The van der Waals surface area contributed by atoms with Gasteiger partial charge in [-0.15, -0.1) is 0 Å². The molecule has 0 aromatic heterocycles. The Morgan fingerprint density at radius 1 is 1.11 bits per heavy atom. The van der Waals surface area contributed by atoms with Gasteiger partial charge in [0.05, 0.1) is 6.10 Å². The molecule has 0 saturated heterocycles. The van der Waals surface area contributed by atoms with Crippen LogP contribution in [0.2, 0.25) is 0 Å². The number of nitrogens with one attached hydrogen (secondary N) is 1. The van der Waals surface area contributed by atoms with Gasteiger partial charge in [-0.25, -0.2) is 0 Å². The summed E-state index contributed by atoms with van der Waals surface area (Å²) in [5.41, 5.74) is 1.33. The van der Waals surface area contributed by atoms with Gasteiger partial charge in [0.25, 0.3) is 0 Å². The van der Waals surface area contributed by atoms with Gasteiger partial charge < -0.3 is 10.1 Å². The zero-order valence-corrected chi connectivity index (χ0v) is 12.5. The normalized spacial score (nSPS) is 17.9. The molecule has 1 fully saturated rings.